The first kappa shape index (κ1) is 14.0. The summed E-state index contributed by atoms with van der Waals surface area (Å²) in [6.45, 7) is 6.35. The van der Waals surface area contributed by atoms with Crippen molar-refractivity contribution in [3.8, 4) is 11.6 Å². The van der Waals surface area contributed by atoms with E-state index in [-0.39, 0.29) is 11.7 Å². The number of ether oxygens (including phenoxy) is 1. The molecule has 0 spiro atoms. The average molecular weight is 270 g/mol. The smallest absolute Gasteiger partial charge is 0.249 e. The topological polar surface area (TPSA) is 84.9 Å². The summed E-state index contributed by atoms with van der Waals surface area (Å²) in [5.41, 5.74) is 8.37. The van der Waals surface area contributed by atoms with E-state index in [9.17, 15) is 0 Å². The third-order valence-electron chi connectivity index (χ3n) is 3.05. The molecule has 0 fully saturated rings. The van der Waals surface area contributed by atoms with E-state index in [0.29, 0.717) is 17.2 Å². The third-order valence-corrected chi connectivity index (χ3v) is 3.05. The number of aromatic nitrogens is 2. The molecule has 1 aromatic heterocycles. The van der Waals surface area contributed by atoms with Crippen LogP contribution in [0.2, 0.25) is 0 Å². The van der Waals surface area contributed by atoms with Crippen LogP contribution in [0.5, 0.6) is 11.6 Å². The van der Waals surface area contributed by atoms with E-state index in [4.69, 9.17) is 15.9 Å². The van der Waals surface area contributed by atoms with Crippen LogP contribution in [0.4, 0.5) is 0 Å². The summed E-state index contributed by atoms with van der Waals surface area (Å²) in [5.74, 6) is 1.28. The van der Waals surface area contributed by atoms with Crippen LogP contribution in [-0.2, 0) is 0 Å². The van der Waals surface area contributed by atoms with Gasteiger partial charge >= 0.3 is 0 Å². The third kappa shape index (κ3) is 2.93. The summed E-state index contributed by atoms with van der Waals surface area (Å²) in [6.07, 6.45) is 1.48. The van der Waals surface area contributed by atoms with Gasteiger partial charge in [-0.2, -0.15) is 5.10 Å². The molecule has 0 amide bonds. The Morgan fingerprint density at radius 2 is 2.05 bits per heavy atom. The maximum atomic E-state index is 7.50. The van der Waals surface area contributed by atoms with Gasteiger partial charge in [-0.05, 0) is 42.2 Å². The van der Waals surface area contributed by atoms with E-state index in [1.807, 2.05) is 25.1 Å². The Balaban J connectivity index is 2.31. The van der Waals surface area contributed by atoms with E-state index < -0.39 is 0 Å². The number of aryl methyl sites for hydroxylation is 1. The molecule has 3 N–H and O–H groups in total. The van der Waals surface area contributed by atoms with Crippen molar-refractivity contribution in [2.75, 3.05) is 0 Å². The molecule has 5 nitrogen and oxygen atoms in total. The molecule has 0 bridgehead atoms. The lowest BCUT2D eigenvalue weighted by atomic mass is 9.98. The van der Waals surface area contributed by atoms with Crippen molar-refractivity contribution in [1.82, 2.24) is 10.2 Å². The summed E-state index contributed by atoms with van der Waals surface area (Å²) in [7, 11) is 0. The second-order valence-electron chi connectivity index (χ2n) is 4.94. The first-order valence-electron chi connectivity index (χ1n) is 6.43. The number of benzene rings is 1. The molecule has 0 aliphatic rings. The van der Waals surface area contributed by atoms with Crippen LogP contribution in [0.25, 0.3) is 0 Å². The van der Waals surface area contributed by atoms with Crippen LogP contribution in [0, 0.1) is 12.3 Å². The van der Waals surface area contributed by atoms with Crippen LogP contribution in [0.15, 0.2) is 30.5 Å². The van der Waals surface area contributed by atoms with Crippen molar-refractivity contribution in [3.63, 3.8) is 0 Å². The molecule has 2 aromatic rings. The standard InChI is InChI=1S/C15H18N4O/c1-9(2)12-5-4-11(8-10(12)3)20-15-13(14(16)17)6-7-18-19-15/h4-9H,1-3H3,(H3,16,17). The Labute approximate surface area is 118 Å². The molecule has 5 heteroatoms. The highest BCUT2D eigenvalue weighted by Crippen LogP contribution is 2.27. The highest BCUT2D eigenvalue weighted by Gasteiger charge is 2.11. The van der Waals surface area contributed by atoms with Gasteiger partial charge in [0.1, 0.15) is 11.6 Å². The summed E-state index contributed by atoms with van der Waals surface area (Å²) in [5, 5.41) is 15.2. The lowest BCUT2D eigenvalue weighted by Crippen LogP contribution is -2.13. The van der Waals surface area contributed by atoms with Gasteiger partial charge in [0.25, 0.3) is 0 Å². The molecule has 0 unspecified atom stereocenters. The van der Waals surface area contributed by atoms with Crippen LogP contribution in [0.1, 0.15) is 36.5 Å². The molecule has 104 valence electrons. The van der Waals surface area contributed by atoms with Gasteiger partial charge in [0.2, 0.25) is 5.88 Å². The molecule has 0 atom stereocenters. The van der Waals surface area contributed by atoms with Gasteiger partial charge in [-0.3, -0.25) is 5.41 Å². The van der Waals surface area contributed by atoms with Crippen molar-refractivity contribution in [1.29, 1.82) is 5.41 Å². The maximum absolute atomic E-state index is 7.50. The number of hydrogen-bond donors (Lipinski definition) is 2. The molecular formula is C15H18N4O. The minimum Gasteiger partial charge on any atom is -0.437 e. The first-order valence-corrected chi connectivity index (χ1v) is 6.43. The van der Waals surface area contributed by atoms with Crippen molar-refractivity contribution < 1.29 is 4.74 Å². The number of nitrogens with zero attached hydrogens (tertiary/aromatic N) is 2. The largest absolute Gasteiger partial charge is 0.437 e. The van der Waals surface area contributed by atoms with Gasteiger partial charge < -0.3 is 10.5 Å². The highest BCUT2D eigenvalue weighted by molar-refractivity contribution is 5.96. The number of amidine groups is 1. The van der Waals surface area contributed by atoms with Gasteiger partial charge in [-0.25, -0.2) is 0 Å². The predicted octanol–water partition coefficient (Wildman–Crippen LogP) is 2.98. The van der Waals surface area contributed by atoms with Gasteiger partial charge in [0, 0.05) is 0 Å². The van der Waals surface area contributed by atoms with Gasteiger partial charge in [0.05, 0.1) is 11.8 Å². The predicted molar refractivity (Wildman–Crippen MR) is 78.4 cm³/mol. The average Bonchev–Trinajstić information content (AvgIpc) is 2.38. The number of hydrogen-bond acceptors (Lipinski definition) is 4. The van der Waals surface area contributed by atoms with Gasteiger partial charge in [-0.1, -0.05) is 19.9 Å². The molecular weight excluding hydrogens is 252 g/mol. The molecule has 0 aliphatic heterocycles. The maximum Gasteiger partial charge on any atom is 0.249 e. The molecule has 0 radical (unpaired) electrons. The zero-order valence-corrected chi connectivity index (χ0v) is 11.8. The highest BCUT2D eigenvalue weighted by atomic mass is 16.5. The molecule has 2 rings (SSSR count). The Morgan fingerprint density at radius 3 is 2.65 bits per heavy atom. The second kappa shape index (κ2) is 5.69. The molecule has 1 aromatic carbocycles. The summed E-state index contributed by atoms with van der Waals surface area (Å²) in [4.78, 5) is 0. The van der Waals surface area contributed by atoms with E-state index >= 15 is 0 Å². The normalized spacial score (nSPS) is 10.6. The van der Waals surface area contributed by atoms with E-state index in [1.165, 1.54) is 11.8 Å². The molecule has 20 heavy (non-hydrogen) atoms. The van der Waals surface area contributed by atoms with Gasteiger partial charge in [-0.15, -0.1) is 5.10 Å². The number of nitrogen functional groups attached to an aromatic ring is 1. The lowest BCUT2D eigenvalue weighted by Gasteiger charge is -2.12. The van der Waals surface area contributed by atoms with Crippen molar-refractivity contribution in [2.24, 2.45) is 5.73 Å². The zero-order valence-electron chi connectivity index (χ0n) is 11.8. The van der Waals surface area contributed by atoms with Crippen molar-refractivity contribution in [2.45, 2.75) is 26.7 Å². The lowest BCUT2D eigenvalue weighted by molar-refractivity contribution is 0.453. The summed E-state index contributed by atoms with van der Waals surface area (Å²) < 4.78 is 5.69. The second-order valence-corrected chi connectivity index (χ2v) is 4.94. The monoisotopic (exact) mass is 270 g/mol. The first-order chi connectivity index (χ1) is 9.49. The van der Waals surface area contributed by atoms with Crippen molar-refractivity contribution in [3.05, 3.63) is 47.2 Å². The van der Waals surface area contributed by atoms with E-state index in [0.717, 1.165) is 5.56 Å². The minimum atomic E-state index is -0.0922. The summed E-state index contributed by atoms with van der Waals surface area (Å²) >= 11 is 0. The fourth-order valence-electron chi connectivity index (χ4n) is 2.07. The van der Waals surface area contributed by atoms with Crippen LogP contribution >= 0.6 is 0 Å². The zero-order chi connectivity index (χ0) is 14.7. The molecule has 0 aliphatic carbocycles. The number of nitrogens with one attached hydrogen (secondary N) is 1. The molecule has 0 saturated heterocycles. The Hall–Kier alpha value is -2.43. The Bertz CT molecular complexity index is 638. The summed E-state index contributed by atoms with van der Waals surface area (Å²) in [6, 6.07) is 7.49. The fraction of sp³-hybridized carbons (Fsp3) is 0.267. The molecule has 1 heterocycles. The van der Waals surface area contributed by atoms with Crippen molar-refractivity contribution >= 4 is 5.84 Å². The quantitative estimate of drug-likeness (QED) is 0.660. The number of nitrogens with two attached hydrogens (primary N) is 1. The van der Waals surface area contributed by atoms with Crippen LogP contribution in [0.3, 0.4) is 0 Å². The SMILES string of the molecule is Cc1cc(Oc2nnccc2C(=N)N)ccc1C(C)C. The Morgan fingerprint density at radius 1 is 1.30 bits per heavy atom. The minimum absolute atomic E-state index is 0.0922. The van der Waals surface area contributed by atoms with Crippen LogP contribution in [-0.4, -0.2) is 16.0 Å². The fourth-order valence-corrected chi connectivity index (χ4v) is 2.07. The van der Waals surface area contributed by atoms with Gasteiger partial charge in [0.15, 0.2) is 0 Å². The number of rotatable bonds is 4. The Kier molecular flexibility index (Phi) is 3.98. The van der Waals surface area contributed by atoms with E-state index in [2.05, 4.69) is 24.0 Å². The van der Waals surface area contributed by atoms with E-state index in [1.54, 1.807) is 6.07 Å². The van der Waals surface area contributed by atoms with Crippen LogP contribution < -0.4 is 10.5 Å². The molecule has 0 saturated carbocycles.